The fourth-order valence-electron chi connectivity index (χ4n) is 1.48. The molecule has 0 spiro atoms. The Kier molecular flexibility index (Phi) is 4.28. The minimum absolute atomic E-state index is 0.00596. The summed E-state index contributed by atoms with van der Waals surface area (Å²) in [4.78, 5) is 0. The molecular formula is C8H15FO4S. The summed E-state index contributed by atoms with van der Waals surface area (Å²) in [7, 11) is -4.00. The highest BCUT2D eigenvalue weighted by Gasteiger charge is 2.30. The first-order valence-corrected chi connectivity index (χ1v) is 6.10. The quantitative estimate of drug-likeness (QED) is 0.730. The fourth-order valence-corrected chi connectivity index (χ4v) is 2.35. The molecule has 4 nitrogen and oxygen atoms in total. The van der Waals surface area contributed by atoms with Gasteiger partial charge in [-0.1, -0.05) is 12.8 Å². The van der Waals surface area contributed by atoms with Gasteiger partial charge in [-0.05, 0) is 19.8 Å². The molecule has 84 valence electrons. The van der Waals surface area contributed by atoms with Gasteiger partial charge < -0.3 is 0 Å². The molecule has 1 saturated carbocycles. The van der Waals surface area contributed by atoms with E-state index in [9.17, 15) is 12.8 Å². The van der Waals surface area contributed by atoms with Gasteiger partial charge in [0.05, 0.1) is 6.61 Å². The first-order valence-electron chi connectivity index (χ1n) is 4.77. The molecule has 0 bridgehead atoms. The van der Waals surface area contributed by atoms with E-state index in [1.807, 2.05) is 0 Å². The molecule has 0 heterocycles. The highest BCUT2D eigenvalue weighted by Crippen LogP contribution is 2.25. The van der Waals surface area contributed by atoms with Crippen LogP contribution >= 0.6 is 0 Å². The van der Waals surface area contributed by atoms with Gasteiger partial charge in [0.2, 0.25) is 0 Å². The van der Waals surface area contributed by atoms with Crippen LogP contribution in [0.2, 0.25) is 0 Å². The average molecular weight is 226 g/mol. The molecule has 1 fully saturated rings. The predicted octanol–water partition coefficient (Wildman–Crippen LogP) is 1.56. The van der Waals surface area contributed by atoms with Crippen molar-refractivity contribution in [2.75, 3.05) is 6.61 Å². The summed E-state index contributed by atoms with van der Waals surface area (Å²) in [5.74, 6) is 0. The number of halogens is 1. The van der Waals surface area contributed by atoms with Gasteiger partial charge in [-0.3, -0.25) is 0 Å². The van der Waals surface area contributed by atoms with E-state index in [0.717, 1.165) is 12.8 Å². The van der Waals surface area contributed by atoms with Crippen LogP contribution < -0.4 is 0 Å². The topological polar surface area (TPSA) is 52.6 Å². The van der Waals surface area contributed by atoms with E-state index in [2.05, 4.69) is 8.37 Å². The van der Waals surface area contributed by atoms with Crippen LogP contribution in [-0.4, -0.2) is 27.3 Å². The van der Waals surface area contributed by atoms with E-state index in [-0.39, 0.29) is 6.61 Å². The maximum absolute atomic E-state index is 13.2. The summed E-state index contributed by atoms with van der Waals surface area (Å²) in [6, 6.07) is 0. The molecule has 1 rings (SSSR count). The lowest BCUT2D eigenvalue weighted by molar-refractivity contribution is 0.0533. The van der Waals surface area contributed by atoms with Crippen molar-refractivity contribution in [2.45, 2.75) is 44.9 Å². The maximum atomic E-state index is 13.2. The Hall–Kier alpha value is -0.200. The zero-order valence-electron chi connectivity index (χ0n) is 8.11. The molecule has 0 N–H and O–H groups in total. The molecule has 1 aliphatic carbocycles. The standard InChI is InChI=1S/C8H15FO4S/c1-2-12-14(10,11)13-8-6-4-3-5-7(8)9/h7-8H,2-6H2,1H3. The Morgan fingerprint density at radius 3 is 2.57 bits per heavy atom. The van der Waals surface area contributed by atoms with Gasteiger partial charge in [0.1, 0.15) is 12.3 Å². The minimum Gasteiger partial charge on any atom is -0.248 e. The third kappa shape index (κ3) is 3.51. The van der Waals surface area contributed by atoms with Crippen molar-refractivity contribution < 1.29 is 21.2 Å². The molecular weight excluding hydrogens is 211 g/mol. The Labute approximate surface area is 83.7 Å². The van der Waals surface area contributed by atoms with Crippen LogP contribution in [0.1, 0.15) is 32.6 Å². The van der Waals surface area contributed by atoms with Crippen LogP contribution in [0.3, 0.4) is 0 Å². The molecule has 0 saturated heterocycles. The molecule has 0 aromatic carbocycles. The second-order valence-corrected chi connectivity index (χ2v) is 4.49. The van der Waals surface area contributed by atoms with Crippen LogP contribution in [0.5, 0.6) is 0 Å². The number of hydrogen-bond donors (Lipinski definition) is 0. The molecule has 6 heteroatoms. The first-order chi connectivity index (χ1) is 6.55. The molecule has 0 amide bonds. The van der Waals surface area contributed by atoms with Gasteiger partial charge in [-0.2, -0.15) is 8.42 Å². The maximum Gasteiger partial charge on any atom is 0.400 e. The molecule has 0 aromatic rings. The SMILES string of the molecule is CCOS(=O)(=O)OC1CCCCC1F. The summed E-state index contributed by atoms with van der Waals surface area (Å²) in [6.07, 6.45) is 0.335. The largest absolute Gasteiger partial charge is 0.400 e. The zero-order valence-corrected chi connectivity index (χ0v) is 8.93. The summed E-state index contributed by atoms with van der Waals surface area (Å²) < 4.78 is 44.2. The number of alkyl halides is 1. The van der Waals surface area contributed by atoms with Gasteiger partial charge >= 0.3 is 10.4 Å². The molecule has 2 unspecified atom stereocenters. The van der Waals surface area contributed by atoms with Gasteiger partial charge in [0.25, 0.3) is 0 Å². The third-order valence-corrected chi connectivity index (χ3v) is 3.13. The molecule has 0 aromatic heterocycles. The molecule has 0 aliphatic heterocycles. The van der Waals surface area contributed by atoms with Crippen LogP contribution in [0, 0.1) is 0 Å². The van der Waals surface area contributed by atoms with E-state index in [0.29, 0.717) is 12.8 Å². The average Bonchev–Trinajstić information content (AvgIpc) is 2.08. The van der Waals surface area contributed by atoms with Crippen molar-refractivity contribution in [3.63, 3.8) is 0 Å². The zero-order chi connectivity index (χ0) is 10.6. The Morgan fingerprint density at radius 1 is 1.36 bits per heavy atom. The van der Waals surface area contributed by atoms with Gasteiger partial charge in [0, 0.05) is 0 Å². The van der Waals surface area contributed by atoms with Crippen LogP contribution in [-0.2, 0) is 18.8 Å². The first kappa shape index (κ1) is 11.9. The van der Waals surface area contributed by atoms with Crippen LogP contribution in [0.4, 0.5) is 4.39 Å². The minimum atomic E-state index is -4.00. The van der Waals surface area contributed by atoms with Crippen LogP contribution in [0.25, 0.3) is 0 Å². The summed E-state index contributed by atoms with van der Waals surface area (Å²) in [5, 5.41) is 0. The second kappa shape index (κ2) is 5.04. The lowest BCUT2D eigenvalue weighted by Gasteiger charge is -2.24. The molecule has 1 aliphatic rings. The number of rotatable bonds is 4. The molecule has 2 atom stereocenters. The van der Waals surface area contributed by atoms with Crippen molar-refractivity contribution in [1.29, 1.82) is 0 Å². The highest BCUT2D eigenvalue weighted by molar-refractivity contribution is 7.81. The van der Waals surface area contributed by atoms with Crippen molar-refractivity contribution >= 4 is 10.4 Å². The van der Waals surface area contributed by atoms with E-state index >= 15 is 0 Å². The smallest absolute Gasteiger partial charge is 0.248 e. The van der Waals surface area contributed by atoms with Crippen molar-refractivity contribution in [1.82, 2.24) is 0 Å². The predicted molar refractivity (Wildman–Crippen MR) is 48.8 cm³/mol. The summed E-state index contributed by atoms with van der Waals surface area (Å²) in [6.45, 7) is 1.54. The molecule has 14 heavy (non-hydrogen) atoms. The monoisotopic (exact) mass is 226 g/mol. The Bertz CT molecular complexity index is 265. The third-order valence-electron chi connectivity index (χ3n) is 2.13. The van der Waals surface area contributed by atoms with E-state index in [1.165, 1.54) is 6.92 Å². The van der Waals surface area contributed by atoms with E-state index < -0.39 is 22.7 Å². The van der Waals surface area contributed by atoms with Crippen molar-refractivity contribution in [3.05, 3.63) is 0 Å². The summed E-state index contributed by atoms with van der Waals surface area (Å²) in [5.41, 5.74) is 0. The molecule has 0 radical (unpaired) electrons. The van der Waals surface area contributed by atoms with Gasteiger partial charge in [-0.25, -0.2) is 12.8 Å². The van der Waals surface area contributed by atoms with E-state index in [1.54, 1.807) is 0 Å². The number of hydrogen-bond acceptors (Lipinski definition) is 4. The van der Waals surface area contributed by atoms with Gasteiger partial charge in [0.15, 0.2) is 0 Å². The highest BCUT2D eigenvalue weighted by atomic mass is 32.3. The lowest BCUT2D eigenvalue weighted by atomic mass is 9.96. The second-order valence-electron chi connectivity index (χ2n) is 3.25. The van der Waals surface area contributed by atoms with Crippen molar-refractivity contribution in [2.24, 2.45) is 0 Å². The summed E-state index contributed by atoms with van der Waals surface area (Å²) >= 11 is 0. The Morgan fingerprint density at radius 2 is 2.00 bits per heavy atom. The van der Waals surface area contributed by atoms with E-state index in [4.69, 9.17) is 0 Å². The normalized spacial score (nSPS) is 29.0. The fraction of sp³-hybridized carbons (Fsp3) is 1.00. The van der Waals surface area contributed by atoms with Gasteiger partial charge in [-0.15, -0.1) is 0 Å². The Balaban J connectivity index is 2.49. The van der Waals surface area contributed by atoms with Crippen molar-refractivity contribution in [3.8, 4) is 0 Å². The van der Waals surface area contributed by atoms with Crippen LogP contribution in [0.15, 0.2) is 0 Å². The lowest BCUT2D eigenvalue weighted by Crippen LogP contribution is -2.32.